The molecule has 0 amide bonds. The summed E-state index contributed by atoms with van der Waals surface area (Å²) in [5.41, 5.74) is 7.75. The van der Waals surface area contributed by atoms with E-state index in [-0.39, 0.29) is 6.61 Å². The number of aliphatic hydroxyl groups is 1. The van der Waals surface area contributed by atoms with Crippen LogP contribution in [0.15, 0.2) is 18.5 Å². The van der Waals surface area contributed by atoms with E-state index in [9.17, 15) is 0 Å². The number of pyridine rings is 1. The molecular weight excluding hydrogens is 244 g/mol. The number of rotatable bonds is 6. The Morgan fingerprint density at radius 1 is 1.26 bits per heavy atom. The number of nitrogens with zero attached hydrogens (tertiary/aromatic N) is 3. The number of aliphatic hydroxyl groups excluding tert-OH is 1. The molecule has 1 aliphatic heterocycles. The Kier molecular flexibility index (Phi) is 5.38. The first-order chi connectivity index (χ1) is 9.31. The van der Waals surface area contributed by atoms with Crippen LogP contribution in [0.1, 0.15) is 0 Å². The van der Waals surface area contributed by atoms with Crippen molar-refractivity contribution in [2.45, 2.75) is 0 Å². The van der Waals surface area contributed by atoms with Crippen LogP contribution in [-0.2, 0) is 4.74 Å². The Balaban J connectivity index is 1.75. The number of aromatic nitrogens is 1. The van der Waals surface area contributed by atoms with Crippen molar-refractivity contribution < 1.29 is 9.84 Å². The summed E-state index contributed by atoms with van der Waals surface area (Å²) in [6, 6.07) is 1.97. The summed E-state index contributed by atoms with van der Waals surface area (Å²) in [6.07, 6.45) is 3.48. The standard InChI is InChI=1S/C13H22N4O2/c14-12-11-15-2-1-13(12)17-5-3-16(4-6-17)7-9-19-10-8-18/h1-2,11,18H,3-10,14H2. The highest BCUT2D eigenvalue weighted by Gasteiger charge is 2.18. The Labute approximate surface area is 113 Å². The van der Waals surface area contributed by atoms with E-state index in [0.29, 0.717) is 13.2 Å². The third-order valence-corrected chi connectivity index (χ3v) is 3.33. The van der Waals surface area contributed by atoms with Gasteiger partial charge in [0, 0.05) is 38.9 Å². The van der Waals surface area contributed by atoms with Crippen LogP contribution in [0.2, 0.25) is 0 Å². The third kappa shape index (κ3) is 4.05. The zero-order chi connectivity index (χ0) is 13.5. The first-order valence-electron chi connectivity index (χ1n) is 6.66. The van der Waals surface area contributed by atoms with Gasteiger partial charge in [-0.2, -0.15) is 0 Å². The van der Waals surface area contributed by atoms with Crippen LogP contribution in [0.25, 0.3) is 0 Å². The van der Waals surface area contributed by atoms with Crippen LogP contribution in [0.3, 0.4) is 0 Å². The number of nitrogens with two attached hydrogens (primary N) is 1. The lowest BCUT2D eigenvalue weighted by Gasteiger charge is -2.36. The van der Waals surface area contributed by atoms with Gasteiger partial charge in [-0.15, -0.1) is 0 Å². The smallest absolute Gasteiger partial charge is 0.0738 e. The van der Waals surface area contributed by atoms with E-state index in [2.05, 4.69) is 14.8 Å². The van der Waals surface area contributed by atoms with Gasteiger partial charge in [0.15, 0.2) is 0 Å². The zero-order valence-electron chi connectivity index (χ0n) is 11.2. The van der Waals surface area contributed by atoms with Crippen LogP contribution in [0.5, 0.6) is 0 Å². The van der Waals surface area contributed by atoms with Crippen LogP contribution in [0.4, 0.5) is 11.4 Å². The third-order valence-electron chi connectivity index (χ3n) is 3.33. The van der Waals surface area contributed by atoms with E-state index < -0.39 is 0 Å². The lowest BCUT2D eigenvalue weighted by atomic mass is 10.2. The fraction of sp³-hybridized carbons (Fsp3) is 0.615. The number of piperazine rings is 1. The minimum atomic E-state index is 0.0924. The van der Waals surface area contributed by atoms with E-state index in [1.165, 1.54) is 0 Å². The highest BCUT2D eigenvalue weighted by molar-refractivity contribution is 5.66. The van der Waals surface area contributed by atoms with Crippen molar-refractivity contribution in [3.8, 4) is 0 Å². The molecule has 0 unspecified atom stereocenters. The van der Waals surface area contributed by atoms with Crippen LogP contribution in [-0.4, -0.2) is 67.5 Å². The maximum absolute atomic E-state index is 8.63. The summed E-state index contributed by atoms with van der Waals surface area (Å²) in [5, 5.41) is 8.63. The Bertz CT molecular complexity index is 381. The molecule has 1 aromatic rings. The van der Waals surface area contributed by atoms with E-state index >= 15 is 0 Å². The molecule has 2 heterocycles. The van der Waals surface area contributed by atoms with Gasteiger partial charge in [0.05, 0.1) is 37.4 Å². The average Bonchev–Trinajstić information content (AvgIpc) is 2.45. The molecule has 2 rings (SSSR count). The first kappa shape index (κ1) is 14.0. The predicted octanol–water partition coefficient (Wildman–Crippen LogP) is -0.205. The van der Waals surface area contributed by atoms with Crippen LogP contribution >= 0.6 is 0 Å². The van der Waals surface area contributed by atoms with Gasteiger partial charge in [-0.05, 0) is 6.07 Å². The number of anilines is 2. The van der Waals surface area contributed by atoms with Gasteiger partial charge in [-0.25, -0.2) is 0 Å². The summed E-state index contributed by atoms with van der Waals surface area (Å²) >= 11 is 0. The minimum Gasteiger partial charge on any atom is -0.396 e. The molecular formula is C13H22N4O2. The molecule has 0 aliphatic carbocycles. The van der Waals surface area contributed by atoms with Gasteiger partial charge in [-0.1, -0.05) is 0 Å². The Hall–Kier alpha value is -1.37. The van der Waals surface area contributed by atoms with E-state index in [1.807, 2.05) is 6.07 Å². The van der Waals surface area contributed by atoms with Crippen molar-refractivity contribution >= 4 is 11.4 Å². The molecule has 6 heteroatoms. The molecule has 0 saturated carbocycles. The largest absolute Gasteiger partial charge is 0.396 e. The molecule has 1 fully saturated rings. The number of hydrogen-bond donors (Lipinski definition) is 2. The van der Waals surface area contributed by atoms with Gasteiger partial charge in [-0.3, -0.25) is 9.88 Å². The fourth-order valence-corrected chi connectivity index (χ4v) is 2.26. The number of nitrogen functional groups attached to an aromatic ring is 1. The quantitative estimate of drug-likeness (QED) is 0.694. The van der Waals surface area contributed by atoms with Crippen LogP contribution < -0.4 is 10.6 Å². The molecule has 0 aromatic carbocycles. The molecule has 3 N–H and O–H groups in total. The molecule has 106 valence electrons. The first-order valence-corrected chi connectivity index (χ1v) is 6.66. The lowest BCUT2D eigenvalue weighted by Crippen LogP contribution is -2.47. The van der Waals surface area contributed by atoms with E-state index in [4.69, 9.17) is 15.6 Å². The summed E-state index contributed by atoms with van der Waals surface area (Å²) in [7, 11) is 0. The molecule has 19 heavy (non-hydrogen) atoms. The van der Waals surface area contributed by atoms with Crippen molar-refractivity contribution in [3.05, 3.63) is 18.5 Å². The van der Waals surface area contributed by atoms with Gasteiger partial charge in [0.2, 0.25) is 0 Å². The summed E-state index contributed by atoms with van der Waals surface area (Å²) < 4.78 is 5.28. The molecule has 1 aromatic heterocycles. The second kappa shape index (κ2) is 7.28. The maximum Gasteiger partial charge on any atom is 0.0738 e. The SMILES string of the molecule is Nc1cnccc1N1CCN(CCOCCO)CC1. The van der Waals surface area contributed by atoms with Gasteiger partial charge >= 0.3 is 0 Å². The molecule has 6 nitrogen and oxygen atoms in total. The Morgan fingerprint density at radius 2 is 2.05 bits per heavy atom. The highest BCUT2D eigenvalue weighted by Crippen LogP contribution is 2.22. The second-order valence-corrected chi connectivity index (χ2v) is 4.60. The van der Waals surface area contributed by atoms with Gasteiger partial charge < -0.3 is 20.5 Å². The maximum atomic E-state index is 8.63. The van der Waals surface area contributed by atoms with Gasteiger partial charge in [0.25, 0.3) is 0 Å². The fourth-order valence-electron chi connectivity index (χ4n) is 2.26. The zero-order valence-corrected chi connectivity index (χ0v) is 11.2. The monoisotopic (exact) mass is 266 g/mol. The van der Waals surface area contributed by atoms with E-state index in [1.54, 1.807) is 12.4 Å². The normalized spacial score (nSPS) is 16.8. The molecule has 1 saturated heterocycles. The van der Waals surface area contributed by atoms with Gasteiger partial charge in [0.1, 0.15) is 0 Å². The Morgan fingerprint density at radius 3 is 2.74 bits per heavy atom. The summed E-state index contributed by atoms with van der Waals surface area (Å²) in [5.74, 6) is 0. The van der Waals surface area contributed by atoms with Crippen molar-refractivity contribution in [1.82, 2.24) is 9.88 Å². The molecule has 0 bridgehead atoms. The second-order valence-electron chi connectivity index (χ2n) is 4.60. The number of hydrogen-bond acceptors (Lipinski definition) is 6. The molecule has 1 aliphatic rings. The number of ether oxygens (including phenoxy) is 1. The van der Waals surface area contributed by atoms with Crippen molar-refractivity contribution in [2.24, 2.45) is 0 Å². The molecule has 0 radical (unpaired) electrons. The highest BCUT2D eigenvalue weighted by atomic mass is 16.5. The molecule has 0 atom stereocenters. The van der Waals surface area contributed by atoms with Crippen LogP contribution in [0, 0.1) is 0 Å². The summed E-state index contributed by atoms with van der Waals surface area (Å²) in [6.45, 7) is 6.05. The lowest BCUT2D eigenvalue weighted by molar-refractivity contribution is 0.0724. The van der Waals surface area contributed by atoms with Crippen molar-refractivity contribution in [3.63, 3.8) is 0 Å². The predicted molar refractivity (Wildman–Crippen MR) is 75.2 cm³/mol. The average molecular weight is 266 g/mol. The van der Waals surface area contributed by atoms with Crippen molar-refractivity contribution in [2.75, 3.05) is 63.2 Å². The minimum absolute atomic E-state index is 0.0924. The molecule has 0 spiro atoms. The topological polar surface area (TPSA) is 74.9 Å². The summed E-state index contributed by atoms with van der Waals surface area (Å²) in [4.78, 5) is 8.67. The van der Waals surface area contributed by atoms with E-state index in [0.717, 1.165) is 44.1 Å². The van der Waals surface area contributed by atoms with Crippen molar-refractivity contribution in [1.29, 1.82) is 0 Å².